The molecule has 0 radical (unpaired) electrons. The molecule has 2 heterocycles. The molecule has 1 aliphatic heterocycles. The van der Waals surface area contributed by atoms with Crippen LogP contribution >= 0.6 is 0 Å². The number of hydrogen-bond donors (Lipinski definition) is 1. The number of imidazole rings is 1. The van der Waals surface area contributed by atoms with E-state index in [1.165, 1.54) is 0 Å². The summed E-state index contributed by atoms with van der Waals surface area (Å²) in [6.45, 7) is 6.41. The van der Waals surface area contributed by atoms with Crippen LogP contribution < -0.4 is 5.73 Å². The normalized spacial score (nSPS) is 20.4. The minimum atomic E-state index is 0.349. The van der Waals surface area contributed by atoms with Crippen LogP contribution in [0.4, 0.5) is 0 Å². The third-order valence-electron chi connectivity index (χ3n) is 3.11. The summed E-state index contributed by atoms with van der Waals surface area (Å²) in [4.78, 5) is 4.21. The summed E-state index contributed by atoms with van der Waals surface area (Å²) in [7, 11) is 0. The molecule has 5 heteroatoms. The maximum Gasteiger partial charge on any atom is 0.123 e. The van der Waals surface area contributed by atoms with Crippen molar-refractivity contribution in [2.24, 2.45) is 21.9 Å². The number of nitrogens with zero attached hydrogens (tertiary/aromatic N) is 4. The smallest absolute Gasteiger partial charge is 0.123 e. The molecular weight excluding hydrogens is 214 g/mol. The summed E-state index contributed by atoms with van der Waals surface area (Å²) in [5, 5.41) is 8.27. The number of amidine groups is 1. The second kappa shape index (κ2) is 4.69. The Kier molecular flexibility index (Phi) is 3.26. The highest BCUT2D eigenvalue weighted by Gasteiger charge is 2.24. The molecule has 0 aromatic carbocycles. The highest BCUT2D eigenvalue weighted by molar-refractivity contribution is 6.04. The van der Waals surface area contributed by atoms with E-state index in [9.17, 15) is 0 Å². The Balaban J connectivity index is 2.41. The Morgan fingerprint density at radius 1 is 1.47 bits per heavy atom. The standard InChI is InChI=1S/C12H19N5/c1-4-9-5-11(13)15-16-12(9)10-6-14-7-17(10)8(2)3/h6-9H,4-5H2,1-3H3,(H2,13,15). The van der Waals surface area contributed by atoms with Crippen molar-refractivity contribution in [1.82, 2.24) is 9.55 Å². The Morgan fingerprint density at radius 3 is 2.88 bits per heavy atom. The van der Waals surface area contributed by atoms with Gasteiger partial charge < -0.3 is 10.3 Å². The van der Waals surface area contributed by atoms with E-state index in [1.54, 1.807) is 0 Å². The van der Waals surface area contributed by atoms with Crippen molar-refractivity contribution in [3.8, 4) is 0 Å². The van der Waals surface area contributed by atoms with Crippen LogP contribution in [0.3, 0.4) is 0 Å². The topological polar surface area (TPSA) is 68.6 Å². The van der Waals surface area contributed by atoms with Crippen molar-refractivity contribution in [2.45, 2.75) is 39.7 Å². The van der Waals surface area contributed by atoms with Gasteiger partial charge in [0.1, 0.15) is 5.84 Å². The molecular formula is C12H19N5. The van der Waals surface area contributed by atoms with Gasteiger partial charge in [0.2, 0.25) is 0 Å². The van der Waals surface area contributed by atoms with Crippen LogP contribution in [0.25, 0.3) is 0 Å². The molecule has 0 aliphatic carbocycles. The van der Waals surface area contributed by atoms with E-state index in [2.05, 4.69) is 40.5 Å². The first-order chi connectivity index (χ1) is 8.13. The molecule has 1 atom stereocenters. The summed E-state index contributed by atoms with van der Waals surface area (Å²) < 4.78 is 2.12. The van der Waals surface area contributed by atoms with Gasteiger partial charge in [-0.1, -0.05) is 6.92 Å². The van der Waals surface area contributed by atoms with Crippen LogP contribution in [-0.4, -0.2) is 21.1 Å². The predicted molar refractivity (Wildman–Crippen MR) is 69.2 cm³/mol. The predicted octanol–water partition coefficient (Wildman–Crippen LogP) is 1.96. The number of aromatic nitrogens is 2. The molecule has 0 bridgehead atoms. The average molecular weight is 233 g/mol. The average Bonchev–Trinajstić information content (AvgIpc) is 2.77. The van der Waals surface area contributed by atoms with E-state index in [0.29, 0.717) is 17.8 Å². The highest BCUT2D eigenvalue weighted by Crippen LogP contribution is 2.22. The van der Waals surface area contributed by atoms with Gasteiger partial charge >= 0.3 is 0 Å². The van der Waals surface area contributed by atoms with Crippen molar-refractivity contribution >= 4 is 11.5 Å². The summed E-state index contributed by atoms with van der Waals surface area (Å²) in [6, 6.07) is 0.371. The van der Waals surface area contributed by atoms with Gasteiger partial charge in [0.05, 0.1) is 23.9 Å². The van der Waals surface area contributed by atoms with Gasteiger partial charge in [-0.25, -0.2) is 4.98 Å². The molecule has 0 fully saturated rings. The van der Waals surface area contributed by atoms with Crippen molar-refractivity contribution < 1.29 is 0 Å². The van der Waals surface area contributed by atoms with E-state index in [1.807, 2.05) is 12.5 Å². The van der Waals surface area contributed by atoms with Gasteiger partial charge in [-0.05, 0) is 20.3 Å². The second-order valence-electron chi connectivity index (χ2n) is 4.67. The molecule has 0 amide bonds. The van der Waals surface area contributed by atoms with Gasteiger partial charge in [-0.2, -0.15) is 5.10 Å². The van der Waals surface area contributed by atoms with Crippen LogP contribution in [0.2, 0.25) is 0 Å². The molecule has 1 aromatic heterocycles. The largest absolute Gasteiger partial charge is 0.386 e. The number of hydrogen-bond acceptors (Lipinski definition) is 4. The fourth-order valence-corrected chi connectivity index (χ4v) is 2.10. The highest BCUT2D eigenvalue weighted by atomic mass is 15.3. The first kappa shape index (κ1) is 11.8. The summed E-state index contributed by atoms with van der Waals surface area (Å²) in [5.74, 6) is 0.970. The van der Waals surface area contributed by atoms with Crippen LogP contribution in [0, 0.1) is 5.92 Å². The third-order valence-corrected chi connectivity index (χ3v) is 3.11. The Morgan fingerprint density at radius 2 is 2.24 bits per heavy atom. The first-order valence-electron chi connectivity index (χ1n) is 6.05. The van der Waals surface area contributed by atoms with Gasteiger partial charge in [0.25, 0.3) is 0 Å². The summed E-state index contributed by atoms with van der Waals surface area (Å²) in [6.07, 6.45) is 5.51. The quantitative estimate of drug-likeness (QED) is 0.867. The monoisotopic (exact) mass is 233 g/mol. The van der Waals surface area contributed by atoms with Crippen LogP contribution in [-0.2, 0) is 0 Å². The molecule has 92 valence electrons. The maximum absolute atomic E-state index is 5.73. The zero-order valence-electron chi connectivity index (χ0n) is 10.6. The van der Waals surface area contributed by atoms with Crippen molar-refractivity contribution in [3.05, 3.63) is 18.2 Å². The van der Waals surface area contributed by atoms with E-state index in [0.717, 1.165) is 24.2 Å². The Labute approximate surface area is 101 Å². The van der Waals surface area contributed by atoms with E-state index in [4.69, 9.17) is 5.73 Å². The Bertz CT molecular complexity index is 455. The maximum atomic E-state index is 5.73. The Hall–Kier alpha value is -1.65. The molecule has 1 aromatic rings. The van der Waals surface area contributed by atoms with Gasteiger partial charge in [0, 0.05) is 18.4 Å². The first-order valence-corrected chi connectivity index (χ1v) is 6.05. The zero-order valence-corrected chi connectivity index (χ0v) is 10.6. The third kappa shape index (κ3) is 2.23. The number of nitrogens with two attached hydrogens (primary N) is 1. The molecule has 17 heavy (non-hydrogen) atoms. The summed E-state index contributed by atoms with van der Waals surface area (Å²) >= 11 is 0. The lowest BCUT2D eigenvalue weighted by Gasteiger charge is -2.21. The molecule has 5 nitrogen and oxygen atoms in total. The van der Waals surface area contributed by atoms with Gasteiger partial charge in [-0.15, -0.1) is 5.10 Å². The lowest BCUT2D eigenvalue weighted by atomic mass is 9.93. The minimum absolute atomic E-state index is 0.349. The molecule has 0 saturated heterocycles. The van der Waals surface area contributed by atoms with E-state index >= 15 is 0 Å². The van der Waals surface area contributed by atoms with Gasteiger partial charge in [0.15, 0.2) is 0 Å². The second-order valence-corrected chi connectivity index (χ2v) is 4.67. The zero-order chi connectivity index (χ0) is 12.4. The van der Waals surface area contributed by atoms with Crippen LogP contribution in [0.15, 0.2) is 22.7 Å². The van der Waals surface area contributed by atoms with Crippen molar-refractivity contribution in [1.29, 1.82) is 0 Å². The van der Waals surface area contributed by atoms with Crippen molar-refractivity contribution in [2.75, 3.05) is 0 Å². The lowest BCUT2D eigenvalue weighted by Crippen LogP contribution is -2.28. The lowest BCUT2D eigenvalue weighted by molar-refractivity contribution is 0.586. The molecule has 1 unspecified atom stereocenters. The van der Waals surface area contributed by atoms with E-state index in [-0.39, 0.29) is 0 Å². The van der Waals surface area contributed by atoms with Crippen LogP contribution in [0.1, 0.15) is 45.3 Å². The SMILES string of the molecule is CCC1CC(N)=NN=C1c1cncn1C(C)C. The fraction of sp³-hybridized carbons (Fsp3) is 0.583. The molecule has 2 N–H and O–H groups in total. The van der Waals surface area contributed by atoms with Crippen molar-refractivity contribution in [3.63, 3.8) is 0 Å². The minimum Gasteiger partial charge on any atom is -0.386 e. The molecule has 1 aliphatic rings. The molecule has 0 spiro atoms. The van der Waals surface area contributed by atoms with Gasteiger partial charge in [-0.3, -0.25) is 0 Å². The summed E-state index contributed by atoms with van der Waals surface area (Å²) in [5.41, 5.74) is 7.80. The fourth-order valence-electron chi connectivity index (χ4n) is 2.10. The van der Waals surface area contributed by atoms with E-state index < -0.39 is 0 Å². The number of rotatable bonds is 3. The molecule has 2 rings (SSSR count). The molecule has 0 saturated carbocycles. The van der Waals surface area contributed by atoms with Crippen LogP contribution in [0.5, 0.6) is 0 Å².